The summed E-state index contributed by atoms with van der Waals surface area (Å²) in [7, 11) is 1.97. The molecule has 1 rings (SSSR count). The lowest BCUT2D eigenvalue weighted by Gasteiger charge is -2.22. The summed E-state index contributed by atoms with van der Waals surface area (Å²) in [6.45, 7) is 2.98. The third kappa shape index (κ3) is 4.04. The van der Waals surface area contributed by atoms with E-state index in [0.29, 0.717) is 6.42 Å². The summed E-state index contributed by atoms with van der Waals surface area (Å²) in [5.74, 6) is 0.222. The molecule has 0 saturated heterocycles. The monoisotopic (exact) mass is 241 g/mol. The summed E-state index contributed by atoms with van der Waals surface area (Å²) < 4.78 is 0. The Morgan fingerprint density at radius 2 is 2.38 bits per heavy atom. The van der Waals surface area contributed by atoms with E-state index < -0.39 is 0 Å². The second-order valence-corrected chi connectivity index (χ2v) is 4.96. The summed E-state index contributed by atoms with van der Waals surface area (Å²) in [6.07, 6.45) is 1.43. The van der Waals surface area contributed by atoms with E-state index in [1.165, 1.54) is 11.3 Å². The number of carbonyl (C=O) groups is 1. The second-order valence-electron chi connectivity index (χ2n) is 4.02. The summed E-state index contributed by atoms with van der Waals surface area (Å²) >= 11 is 1.50. The van der Waals surface area contributed by atoms with Crippen LogP contribution in [0.3, 0.4) is 0 Å². The Balaban J connectivity index is 2.23. The van der Waals surface area contributed by atoms with Crippen molar-refractivity contribution in [3.8, 4) is 0 Å². The van der Waals surface area contributed by atoms with Crippen LogP contribution in [0.15, 0.2) is 17.5 Å². The Morgan fingerprint density at radius 3 is 2.94 bits per heavy atom. The lowest BCUT2D eigenvalue weighted by Crippen LogP contribution is -2.32. The van der Waals surface area contributed by atoms with Crippen LogP contribution in [0.4, 0.5) is 0 Å². The molecule has 1 atom stereocenters. The number of thiophene rings is 1. The Hall–Kier alpha value is -0.710. The van der Waals surface area contributed by atoms with Gasteiger partial charge in [-0.2, -0.15) is 0 Å². The van der Waals surface area contributed by atoms with Crippen molar-refractivity contribution in [2.24, 2.45) is 0 Å². The second kappa shape index (κ2) is 6.78. The van der Waals surface area contributed by atoms with Crippen molar-refractivity contribution in [2.45, 2.75) is 25.8 Å². The molecule has 0 aliphatic carbocycles. The van der Waals surface area contributed by atoms with Crippen LogP contribution in [0.2, 0.25) is 0 Å². The van der Waals surface area contributed by atoms with Gasteiger partial charge in [-0.15, -0.1) is 11.3 Å². The van der Waals surface area contributed by atoms with E-state index in [-0.39, 0.29) is 18.4 Å². The SMILES string of the molecule is CC(CO)N(C)CCCC(=O)c1cccs1. The van der Waals surface area contributed by atoms with Gasteiger partial charge in [0.15, 0.2) is 5.78 Å². The third-order valence-corrected chi connectivity index (χ3v) is 3.64. The standard InChI is InChI=1S/C12H19NO2S/c1-10(9-14)13(2)7-3-5-11(15)12-6-4-8-16-12/h4,6,8,10,14H,3,5,7,9H2,1-2H3. The van der Waals surface area contributed by atoms with Gasteiger partial charge >= 0.3 is 0 Å². The fraction of sp³-hybridized carbons (Fsp3) is 0.583. The molecule has 1 heterocycles. The quantitative estimate of drug-likeness (QED) is 0.743. The van der Waals surface area contributed by atoms with Crippen molar-refractivity contribution in [1.82, 2.24) is 4.90 Å². The highest BCUT2D eigenvalue weighted by Gasteiger charge is 2.10. The maximum Gasteiger partial charge on any atom is 0.172 e. The van der Waals surface area contributed by atoms with Gasteiger partial charge < -0.3 is 10.0 Å². The van der Waals surface area contributed by atoms with Crippen LogP contribution in [0, 0.1) is 0 Å². The molecule has 0 aromatic carbocycles. The first-order valence-corrected chi connectivity index (χ1v) is 6.41. The van der Waals surface area contributed by atoms with E-state index in [1.807, 2.05) is 31.5 Å². The number of Topliss-reactive ketones (excluding diaryl/α,β-unsaturated/α-hetero) is 1. The van der Waals surface area contributed by atoms with Crippen molar-refractivity contribution < 1.29 is 9.90 Å². The van der Waals surface area contributed by atoms with Crippen LogP contribution in [-0.2, 0) is 0 Å². The van der Waals surface area contributed by atoms with E-state index in [2.05, 4.69) is 4.90 Å². The molecule has 1 aromatic rings. The molecule has 0 aliphatic heterocycles. The zero-order valence-electron chi connectivity index (χ0n) is 9.85. The molecular formula is C12H19NO2S. The van der Waals surface area contributed by atoms with E-state index in [0.717, 1.165) is 17.8 Å². The Kier molecular flexibility index (Phi) is 5.66. The molecule has 1 aromatic heterocycles. The average Bonchev–Trinajstić information content (AvgIpc) is 2.81. The number of likely N-dealkylation sites (N-methyl/N-ethyl adjacent to an activating group) is 1. The maximum atomic E-state index is 11.7. The number of carbonyl (C=O) groups excluding carboxylic acids is 1. The third-order valence-electron chi connectivity index (χ3n) is 2.73. The number of hydrogen-bond acceptors (Lipinski definition) is 4. The molecular weight excluding hydrogens is 222 g/mol. The van der Waals surface area contributed by atoms with E-state index >= 15 is 0 Å². The largest absolute Gasteiger partial charge is 0.395 e. The summed E-state index contributed by atoms with van der Waals surface area (Å²) in [4.78, 5) is 14.6. The maximum absolute atomic E-state index is 11.7. The number of hydrogen-bond donors (Lipinski definition) is 1. The molecule has 0 bridgehead atoms. The highest BCUT2D eigenvalue weighted by Crippen LogP contribution is 2.12. The molecule has 90 valence electrons. The first kappa shape index (κ1) is 13.4. The molecule has 4 heteroatoms. The highest BCUT2D eigenvalue weighted by molar-refractivity contribution is 7.12. The van der Waals surface area contributed by atoms with Crippen molar-refractivity contribution in [3.05, 3.63) is 22.4 Å². The van der Waals surface area contributed by atoms with Gasteiger partial charge in [0, 0.05) is 12.5 Å². The fourth-order valence-corrected chi connectivity index (χ4v) is 2.10. The van der Waals surface area contributed by atoms with Gasteiger partial charge in [-0.1, -0.05) is 6.07 Å². The lowest BCUT2D eigenvalue weighted by atomic mass is 10.2. The van der Waals surface area contributed by atoms with E-state index in [4.69, 9.17) is 5.11 Å². The Bertz CT molecular complexity index is 311. The zero-order chi connectivity index (χ0) is 12.0. The summed E-state index contributed by atoms with van der Waals surface area (Å²) in [6, 6.07) is 3.93. The van der Waals surface area contributed by atoms with Gasteiger partial charge in [-0.05, 0) is 38.4 Å². The van der Waals surface area contributed by atoms with Gasteiger partial charge in [0.25, 0.3) is 0 Å². The van der Waals surface area contributed by atoms with Gasteiger partial charge in [-0.25, -0.2) is 0 Å². The minimum atomic E-state index is 0.162. The van der Waals surface area contributed by atoms with Crippen molar-refractivity contribution in [2.75, 3.05) is 20.2 Å². The van der Waals surface area contributed by atoms with Crippen molar-refractivity contribution >= 4 is 17.1 Å². The molecule has 0 radical (unpaired) electrons. The topological polar surface area (TPSA) is 40.5 Å². The molecule has 0 amide bonds. The molecule has 1 N–H and O–H groups in total. The van der Waals surface area contributed by atoms with Crippen LogP contribution in [0.5, 0.6) is 0 Å². The predicted octanol–water partition coefficient (Wildman–Crippen LogP) is 2.02. The molecule has 0 spiro atoms. The molecule has 16 heavy (non-hydrogen) atoms. The van der Waals surface area contributed by atoms with Crippen LogP contribution in [0.1, 0.15) is 29.4 Å². The molecule has 0 fully saturated rings. The van der Waals surface area contributed by atoms with Crippen molar-refractivity contribution in [3.63, 3.8) is 0 Å². The number of nitrogens with zero attached hydrogens (tertiary/aromatic N) is 1. The van der Waals surface area contributed by atoms with Gasteiger partial charge in [0.05, 0.1) is 11.5 Å². The Morgan fingerprint density at radius 1 is 1.62 bits per heavy atom. The van der Waals surface area contributed by atoms with Gasteiger partial charge in [-0.3, -0.25) is 4.79 Å². The van der Waals surface area contributed by atoms with E-state index in [1.54, 1.807) is 0 Å². The zero-order valence-corrected chi connectivity index (χ0v) is 10.7. The minimum Gasteiger partial charge on any atom is -0.395 e. The van der Waals surface area contributed by atoms with Gasteiger partial charge in [0.1, 0.15) is 0 Å². The number of rotatable bonds is 7. The fourth-order valence-electron chi connectivity index (χ4n) is 1.41. The molecule has 0 saturated carbocycles. The Labute approximate surface area is 101 Å². The van der Waals surface area contributed by atoms with Crippen molar-refractivity contribution in [1.29, 1.82) is 0 Å². The number of aliphatic hydroxyl groups is 1. The molecule has 1 unspecified atom stereocenters. The van der Waals surface area contributed by atoms with Crippen LogP contribution < -0.4 is 0 Å². The summed E-state index contributed by atoms with van der Waals surface area (Å²) in [5, 5.41) is 10.9. The normalized spacial score (nSPS) is 13.0. The summed E-state index contributed by atoms with van der Waals surface area (Å²) in [5.41, 5.74) is 0. The first-order valence-electron chi connectivity index (χ1n) is 5.53. The van der Waals surface area contributed by atoms with Crippen LogP contribution in [-0.4, -0.2) is 42.0 Å². The number of ketones is 1. The highest BCUT2D eigenvalue weighted by atomic mass is 32.1. The van der Waals surface area contributed by atoms with Gasteiger partial charge in [0.2, 0.25) is 0 Å². The van der Waals surface area contributed by atoms with E-state index in [9.17, 15) is 4.79 Å². The smallest absolute Gasteiger partial charge is 0.172 e. The average molecular weight is 241 g/mol. The van der Waals surface area contributed by atoms with Crippen LogP contribution >= 0.6 is 11.3 Å². The van der Waals surface area contributed by atoms with Crippen LogP contribution in [0.25, 0.3) is 0 Å². The number of aliphatic hydroxyl groups excluding tert-OH is 1. The predicted molar refractivity (Wildman–Crippen MR) is 67.1 cm³/mol. The molecule has 3 nitrogen and oxygen atoms in total. The molecule has 0 aliphatic rings. The minimum absolute atomic E-state index is 0.162. The lowest BCUT2D eigenvalue weighted by molar-refractivity contribution is 0.0973. The first-order chi connectivity index (χ1) is 7.65.